The van der Waals surface area contributed by atoms with Gasteiger partial charge in [-0.25, -0.2) is 9.97 Å². The fraction of sp³-hybridized carbons (Fsp3) is 0.200. The molecule has 47 valence electrons. The fourth-order valence-electron chi connectivity index (χ4n) is 0.404. The molecular formula is C5H4FN2O. The van der Waals surface area contributed by atoms with Crippen molar-refractivity contribution in [2.24, 2.45) is 0 Å². The first-order valence-corrected chi connectivity index (χ1v) is 2.27. The molecule has 1 radical (unpaired) electrons. The lowest BCUT2D eigenvalue weighted by atomic mass is 10.7. The van der Waals surface area contributed by atoms with E-state index in [2.05, 4.69) is 20.9 Å². The Morgan fingerprint density at radius 2 is 2.56 bits per heavy atom. The van der Waals surface area contributed by atoms with Gasteiger partial charge >= 0.3 is 0 Å². The molecule has 0 aliphatic heterocycles. The molecule has 0 saturated heterocycles. The molecular weight excluding hydrogens is 123 g/mol. The van der Waals surface area contributed by atoms with Crippen molar-refractivity contribution in [2.75, 3.05) is 7.11 Å². The van der Waals surface area contributed by atoms with Crippen LogP contribution < -0.4 is 4.74 Å². The number of aromatic nitrogens is 2. The summed E-state index contributed by atoms with van der Waals surface area (Å²) in [6.45, 7) is 0. The van der Waals surface area contributed by atoms with Crippen molar-refractivity contribution in [1.29, 1.82) is 0 Å². The molecule has 0 bridgehead atoms. The summed E-state index contributed by atoms with van der Waals surface area (Å²) in [4.78, 5) is 6.65. The highest BCUT2D eigenvalue weighted by Crippen LogP contribution is 2.05. The summed E-state index contributed by atoms with van der Waals surface area (Å²) < 4.78 is 16.7. The summed E-state index contributed by atoms with van der Waals surface area (Å²) in [5, 5.41) is 0. The lowest BCUT2D eigenvalue weighted by molar-refractivity contribution is 0.359. The molecule has 0 N–H and O–H groups in total. The molecule has 0 aliphatic carbocycles. The number of rotatable bonds is 1. The second kappa shape index (κ2) is 2.39. The number of hydrogen-bond acceptors (Lipinski definition) is 3. The minimum absolute atomic E-state index is 0.127. The normalized spacial score (nSPS) is 9.11. The third kappa shape index (κ3) is 1.13. The molecule has 1 aromatic rings. The first-order chi connectivity index (χ1) is 4.34. The smallest absolute Gasteiger partial charge is 0.275 e. The van der Waals surface area contributed by atoms with Gasteiger partial charge in [-0.3, -0.25) is 0 Å². The molecule has 0 amide bonds. The zero-order valence-electron chi connectivity index (χ0n) is 4.76. The predicted octanol–water partition coefficient (Wildman–Crippen LogP) is 0.424. The van der Waals surface area contributed by atoms with E-state index in [9.17, 15) is 4.39 Å². The third-order valence-corrected chi connectivity index (χ3v) is 0.772. The maximum absolute atomic E-state index is 12.3. The van der Waals surface area contributed by atoms with Crippen molar-refractivity contribution in [3.63, 3.8) is 0 Å². The Hall–Kier alpha value is -1.19. The molecule has 1 heterocycles. The van der Waals surface area contributed by atoms with Crippen LogP contribution in [0.15, 0.2) is 6.20 Å². The highest BCUT2D eigenvalue weighted by Gasteiger charge is 2.00. The SMILES string of the molecule is COc1n[c]cnc1F. The van der Waals surface area contributed by atoms with Gasteiger partial charge in [-0.15, -0.1) is 0 Å². The van der Waals surface area contributed by atoms with Crippen LogP contribution in [0.3, 0.4) is 0 Å². The van der Waals surface area contributed by atoms with Crippen LogP contribution in [0.2, 0.25) is 0 Å². The van der Waals surface area contributed by atoms with Crippen LogP contribution in [0.25, 0.3) is 0 Å². The van der Waals surface area contributed by atoms with E-state index in [1.54, 1.807) is 0 Å². The Labute approximate surface area is 51.5 Å². The van der Waals surface area contributed by atoms with Crippen molar-refractivity contribution < 1.29 is 9.13 Å². The Morgan fingerprint density at radius 3 is 3.00 bits per heavy atom. The minimum atomic E-state index is -0.712. The summed E-state index contributed by atoms with van der Waals surface area (Å²) in [5.41, 5.74) is 0. The average molecular weight is 127 g/mol. The highest BCUT2D eigenvalue weighted by atomic mass is 19.1. The van der Waals surface area contributed by atoms with E-state index in [-0.39, 0.29) is 5.88 Å². The molecule has 0 fully saturated rings. The van der Waals surface area contributed by atoms with Crippen molar-refractivity contribution in [1.82, 2.24) is 9.97 Å². The maximum Gasteiger partial charge on any atom is 0.275 e. The summed E-state index contributed by atoms with van der Waals surface area (Å²) >= 11 is 0. The zero-order chi connectivity index (χ0) is 6.69. The average Bonchev–Trinajstić information content (AvgIpc) is 1.89. The second-order valence-electron chi connectivity index (χ2n) is 1.30. The molecule has 1 aromatic heterocycles. The number of halogens is 1. The van der Waals surface area contributed by atoms with Gasteiger partial charge in [-0.05, 0) is 0 Å². The summed E-state index contributed by atoms with van der Waals surface area (Å²) in [6.07, 6.45) is 3.46. The topological polar surface area (TPSA) is 35.0 Å². The second-order valence-corrected chi connectivity index (χ2v) is 1.30. The molecule has 0 saturated carbocycles. The lowest BCUT2D eigenvalue weighted by Gasteiger charge is -1.94. The van der Waals surface area contributed by atoms with E-state index in [0.29, 0.717) is 0 Å². The molecule has 0 spiro atoms. The monoisotopic (exact) mass is 127 g/mol. The first-order valence-electron chi connectivity index (χ1n) is 2.27. The van der Waals surface area contributed by atoms with Crippen LogP contribution in [0.1, 0.15) is 0 Å². The number of methoxy groups -OCH3 is 1. The first kappa shape index (κ1) is 5.94. The standard InChI is InChI=1S/C5H4FN2O/c1-9-5-4(6)7-2-3-8-5/h2H,1H3. The van der Waals surface area contributed by atoms with Crippen LogP contribution in [-0.4, -0.2) is 17.1 Å². The van der Waals surface area contributed by atoms with E-state index in [1.165, 1.54) is 7.11 Å². The van der Waals surface area contributed by atoms with Gasteiger partial charge in [0.15, 0.2) is 0 Å². The molecule has 0 aliphatic rings. The quantitative estimate of drug-likeness (QED) is 0.548. The molecule has 1 rings (SSSR count). The van der Waals surface area contributed by atoms with Gasteiger partial charge in [0.1, 0.15) is 6.20 Å². The van der Waals surface area contributed by atoms with Gasteiger partial charge in [0.05, 0.1) is 13.3 Å². The van der Waals surface area contributed by atoms with Gasteiger partial charge in [0, 0.05) is 0 Å². The number of hydrogen-bond donors (Lipinski definition) is 0. The fourth-order valence-corrected chi connectivity index (χ4v) is 0.404. The van der Waals surface area contributed by atoms with E-state index in [1.807, 2.05) is 0 Å². The molecule has 0 unspecified atom stereocenters. The van der Waals surface area contributed by atoms with Crippen LogP contribution in [-0.2, 0) is 0 Å². The zero-order valence-corrected chi connectivity index (χ0v) is 4.76. The van der Waals surface area contributed by atoms with Crippen molar-refractivity contribution >= 4 is 0 Å². The molecule has 0 atom stereocenters. The van der Waals surface area contributed by atoms with Crippen molar-refractivity contribution in [2.45, 2.75) is 0 Å². The summed E-state index contributed by atoms with van der Waals surface area (Å²) in [6, 6.07) is 0. The van der Waals surface area contributed by atoms with Crippen LogP contribution in [0.5, 0.6) is 5.88 Å². The molecule has 0 aromatic carbocycles. The van der Waals surface area contributed by atoms with Gasteiger partial charge < -0.3 is 4.74 Å². The summed E-state index contributed by atoms with van der Waals surface area (Å²) in [5.74, 6) is -0.839. The molecule has 9 heavy (non-hydrogen) atoms. The highest BCUT2D eigenvalue weighted by molar-refractivity contribution is 5.03. The lowest BCUT2D eigenvalue weighted by Crippen LogP contribution is -1.93. The Kier molecular flexibility index (Phi) is 1.58. The van der Waals surface area contributed by atoms with Crippen LogP contribution in [0, 0.1) is 12.1 Å². The van der Waals surface area contributed by atoms with Crippen LogP contribution in [0.4, 0.5) is 4.39 Å². The van der Waals surface area contributed by atoms with E-state index in [0.717, 1.165) is 6.20 Å². The molecule has 3 nitrogen and oxygen atoms in total. The van der Waals surface area contributed by atoms with E-state index < -0.39 is 5.95 Å². The Morgan fingerprint density at radius 1 is 1.78 bits per heavy atom. The number of nitrogens with zero attached hydrogens (tertiary/aromatic N) is 2. The van der Waals surface area contributed by atoms with Gasteiger partial charge in [-0.1, -0.05) is 0 Å². The van der Waals surface area contributed by atoms with Gasteiger partial charge in [0.25, 0.3) is 11.8 Å². The maximum atomic E-state index is 12.3. The predicted molar refractivity (Wildman–Crippen MR) is 27.4 cm³/mol. The molecule has 4 heteroatoms. The largest absolute Gasteiger partial charge is 0.478 e. The minimum Gasteiger partial charge on any atom is -0.478 e. The van der Waals surface area contributed by atoms with E-state index in [4.69, 9.17) is 0 Å². The van der Waals surface area contributed by atoms with Crippen LogP contribution >= 0.6 is 0 Å². The Balaban J connectivity index is 3.01. The van der Waals surface area contributed by atoms with Crippen molar-refractivity contribution in [3.8, 4) is 5.88 Å². The Bertz CT molecular complexity index is 204. The third-order valence-electron chi connectivity index (χ3n) is 0.772. The van der Waals surface area contributed by atoms with E-state index >= 15 is 0 Å². The number of ether oxygens (including phenoxy) is 1. The van der Waals surface area contributed by atoms with Gasteiger partial charge in [-0.2, -0.15) is 4.39 Å². The van der Waals surface area contributed by atoms with Gasteiger partial charge in [0.2, 0.25) is 0 Å². The van der Waals surface area contributed by atoms with Crippen molar-refractivity contribution in [3.05, 3.63) is 18.3 Å². The summed E-state index contributed by atoms with van der Waals surface area (Å²) in [7, 11) is 1.32.